The van der Waals surface area contributed by atoms with Gasteiger partial charge in [0.25, 0.3) is 5.56 Å². The first-order chi connectivity index (χ1) is 18.0. The third-order valence-electron chi connectivity index (χ3n) is 7.46. The van der Waals surface area contributed by atoms with Crippen LogP contribution in [0.25, 0.3) is 22.3 Å². The van der Waals surface area contributed by atoms with Crippen LogP contribution in [0, 0.1) is 0 Å². The fraction of sp³-hybridized carbons (Fsp3) is 0.296. The van der Waals surface area contributed by atoms with Gasteiger partial charge in [-0.1, -0.05) is 11.6 Å². The van der Waals surface area contributed by atoms with Gasteiger partial charge in [0.05, 0.1) is 35.2 Å². The SMILES string of the molecule is CC[C@@]1(O)C(=O)OCc2c1cc1n(c2=O)Cc2c-1nc1cc3c(cc1c2C[n+]1ccccn1)OCCO3.[Cl-]. The van der Waals surface area contributed by atoms with E-state index < -0.39 is 11.6 Å². The molecule has 0 aliphatic carbocycles. The molecule has 11 heteroatoms. The number of fused-ring (bicyclic) bond motifs is 6. The van der Waals surface area contributed by atoms with E-state index in [9.17, 15) is 14.7 Å². The number of esters is 1. The van der Waals surface area contributed by atoms with Crippen LogP contribution < -0.4 is 32.1 Å². The van der Waals surface area contributed by atoms with E-state index in [0.717, 1.165) is 16.5 Å². The summed E-state index contributed by atoms with van der Waals surface area (Å²) >= 11 is 0. The van der Waals surface area contributed by atoms with Crippen molar-refractivity contribution in [3.05, 3.63) is 75.3 Å². The highest BCUT2D eigenvalue weighted by atomic mass is 35.5. The topological polar surface area (TPSA) is 117 Å². The first kappa shape index (κ1) is 24.3. The summed E-state index contributed by atoms with van der Waals surface area (Å²) in [5.41, 5.74) is 2.14. The average molecular weight is 535 g/mol. The number of aromatic nitrogens is 4. The predicted molar refractivity (Wildman–Crippen MR) is 129 cm³/mol. The fourth-order valence-electron chi connectivity index (χ4n) is 5.50. The Morgan fingerprint density at radius 1 is 1.08 bits per heavy atom. The molecule has 0 unspecified atom stereocenters. The van der Waals surface area contributed by atoms with Crippen molar-refractivity contribution in [1.82, 2.24) is 14.6 Å². The minimum absolute atomic E-state index is 0. The molecule has 3 aliphatic heterocycles. The number of pyridine rings is 2. The number of hydrogen-bond acceptors (Lipinski definition) is 8. The van der Waals surface area contributed by atoms with Crippen LogP contribution in [-0.4, -0.2) is 38.9 Å². The summed E-state index contributed by atoms with van der Waals surface area (Å²) in [4.78, 5) is 31.1. The molecule has 0 saturated heterocycles. The molecule has 0 spiro atoms. The lowest BCUT2D eigenvalue weighted by molar-refractivity contribution is -0.746. The maximum Gasteiger partial charge on any atom is 0.343 e. The predicted octanol–water partition coefficient (Wildman–Crippen LogP) is -1.41. The summed E-state index contributed by atoms with van der Waals surface area (Å²) in [5, 5.41) is 16.5. The fourth-order valence-corrected chi connectivity index (χ4v) is 5.50. The molecule has 3 aliphatic rings. The van der Waals surface area contributed by atoms with E-state index in [1.807, 2.05) is 35.1 Å². The summed E-state index contributed by atoms with van der Waals surface area (Å²) in [6, 6.07) is 9.28. The summed E-state index contributed by atoms with van der Waals surface area (Å²) in [6.07, 6.45) is 3.69. The molecule has 4 aromatic rings. The number of halogens is 1. The first-order valence-corrected chi connectivity index (χ1v) is 12.2. The molecule has 1 N–H and O–H groups in total. The quantitative estimate of drug-likeness (QED) is 0.222. The number of nitrogens with zero attached hydrogens (tertiary/aromatic N) is 4. The standard InChI is InChI=1S/C27H23N4O6.ClH/c1-2-27(34)19-10-21-24-17(13-31(21)25(32)18(19)14-37-26(27)33)16(12-30-6-4-3-5-28-30)15-9-22-23(11-20(15)29-24)36-8-7-35-22;/h3-6,9-11,34H,2,7-8,12-14H2,1H3;1H/q+1;/p-1/t27-;/m0./s1. The van der Waals surface area contributed by atoms with E-state index in [1.54, 1.807) is 23.8 Å². The zero-order chi connectivity index (χ0) is 25.3. The van der Waals surface area contributed by atoms with Crippen molar-refractivity contribution in [3.8, 4) is 22.9 Å². The van der Waals surface area contributed by atoms with Crippen molar-refractivity contribution in [2.75, 3.05) is 13.2 Å². The van der Waals surface area contributed by atoms with Crippen molar-refractivity contribution in [1.29, 1.82) is 0 Å². The Labute approximate surface area is 222 Å². The van der Waals surface area contributed by atoms with Gasteiger partial charge in [0.2, 0.25) is 6.54 Å². The van der Waals surface area contributed by atoms with Gasteiger partial charge in [0, 0.05) is 34.2 Å². The van der Waals surface area contributed by atoms with Crippen LogP contribution in [0.1, 0.15) is 35.6 Å². The number of carbonyl (C=O) groups is 1. The van der Waals surface area contributed by atoms with Gasteiger partial charge < -0.3 is 36.3 Å². The van der Waals surface area contributed by atoms with E-state index in [-0.39, 0.29) is 31.0 Å². The van der Waals surface area contributed by atoms with E-state index in [2.05, 4.69) is 5.10 Å². The normalized spacial score (nSPS) is 18.7. The Morgan fingerprint density at radius 3 is 2.61 bits per heavy atom. The number of ether oxygens (including phenoxy) is 3. The maximum absolute atomic E-state index is 13.6. The van der Waals surface area contributed by atoms with Crippen molar-refractivity contribution in [2.45, 2.75) is 38.6 Å². The van der Waals surface area contributed by atoms with Gasteiger partial charge in [0.1, 0.15) is 19.8 Å². The van der Waals surface area contributed by atoms with Crippen molar-refractivity contribution >= 4 is 16.9 Å². The average Bonchev–Trinajstić information content (AvgIpc) is 3.29. The molecule has 194 valence electrons. The van der Waals surface area contributed by atoms with E-state index in [0.29, 0.717) is 65.8 Å². The third kappa shape index (κ3) is 3.40. The highest BCUT2D eigenvalue weighted by Crippen LogP contribution is 2.42. The first-order valence-electron chi connectivity index (χ1n) is 12.2. The van der Waals surface area contributed by atoms with Gasteiger partial charge in [-0.3, -0.25) is 4.79 Å². The Hall–Kier alpha value is -4.02. The molecular formula is C27H23ClN4O6. The molecule has 10 nitrogen and oxygen atoms in total. The third-order valence-corrected chi connectivity index (χ3v) is 7.46. The second-order valence-electron chi connectivity index (χ2n) is 9.43. The van der Waals surface area contributed by atoms with Crippen LogP contribution >= 0.6 is 0 Å². The molecule has 38 heavy (non-hydrogen) atoms. The minimum atomic E-state index is -1.88. The molecule has 6 heterocycles. The lowest BCUT2D eigenvalue weighted by atomic mass is 9.86. The lowest BCUT2D eigenvalue weighted by Gasteiger charge is -2.31. The lowest BCUT2D eigenvalue weighted by Crippen LogP contribution is -3.00. The monoisotopic (exact) mass is 534 g/mol. The molecule has 0 amide bonds. The van der Waals surface area contributed by atoms with Crippen molar-refractivity contribution < 1.29 is 41.2 Å². The Bertz CT molecular complexity index is 1690. The second kappa shape index (κ2) is 8.78. The van der Waals surface area contributed by atoms with E-state index in [1.165, 1.54) is 0 Å². The van der Waals surface area contributed by atoms with Gasteiger partial charge in [-0.25, -0.2) is 9.78 Å². The number of rotatable bonds is 3. The zero-order valence-corrected chi connectivity index (χ0v) is 21.2. The van der Waals surface area contributed by atoms with Gasteiger partial charge >= 0.3 is 5.97 Å². The minimum Gasteiger partial charge on any atom is -1.00 e. The number of aliphatic hydroxyl groups is 1. The Kier molecular flexibility index (Phi) is 5.62. The summed E-state index contributed by atoms with van der Waals surface area (Å²) < 4.78 is 20.3. The van der Waals surface area contributed by atoms with Crippen molar-refractivity contribution in [2.24, 2.45) is 0 Å². The zero-order valence-electron chi connectivity index (χ0n) is 20.4. The molecule has 1 atom stereocenters. The summed E-state index contributed by atoms with van der Waals surface area (Å²) in [5.74, 6) is 0.527. The molecule has 1 aromatic carbocycles. The highest BCUT2D eigenvalue weighted by molar-refractivity contribution is 5.91. The Balaban J connectivity index is 0.00000264. The molecule has 7 rings (SSSR count). The van der Waals surface area contributed by atoms with Gasteiger partial charge in [-0.15, -0.1) is 0 Å². The summed E-state index contributed by atoms with van der Waals surface area (Å²) in [6.45, 7) is 3.19. The van der Waals surface area contributed by atoms with Crippen LogP contribution in [0.2, 0.25) is 0 Å². The molecule has 3 aromatic heterocycles. The number of benzene rings is 1. The van der Waals surface area contributed by atoms with Crippen LogP contribution in [0.4, 0.5) is 0 Å². The smallest absolute Gasteiger partial charge is 0.343 e. The number of carbonyl (C=O) groups excluding carboxylic acids is 1. The summed E-state index contributed by atoms with van der Waals surface area (Å²) in [7, 11) is 0. The highest BCUT2D eigenvalue weighted by Gasteiger charge is 2.45. The van der Waals surface area contributed by atoms with Crippen LogP contribution in [-0.2, 0) is 34.8 Å². The van der Waals surface area contributed by atoms with Crippen LogP contribution in [0.15, 0.2) is 47.5 Å². The largest absolute Gasteiger partial charge is 1.00 e. The van der Waals surface area contributed by atoms with Crippen LogP contribution in [0.3, 0.4) is 0 Å². The molecule has 0 bridgehead atoms. The van der Waals surface area contributed by atoms with Gasteiger partial charge in [-0.05, 0) is 29.7 Å². The molecule has 0 saturated carbocycles. The van der Waals surface area contributed by atoms with E-state index >= 15 is 0 Å². The maximum atomic E-state index is 13.6. The number of hydrogen-bond donors (Lipinski definition) is 1. The Morgan fingerprint density at radius 2 is 1.87 bits per heavy atom. The molecule has 0 fully saturated rings. The molecular weight excluding hydrogens is 512 g/mol. The number of cyclic esters (lactones) is 1. The van der Waals surface area contributed by atoms with Gasteiger partial charge in [-0.2, -0.15) is 0 Å². The van der Waals surface area contributed by atoms with Crippen molar-refractivity contribution in [3.63, 3.8) is 0 Å². The van der Waals surface area contributed by atoms with Crippen LogP contribution in [0.5, 0.6) is 11.5 Å². The second-order valence-corrected chi connectivity index (χ2v) is 9.43. The molecule has 0 radical (unpaired) electrons. The van der Waals surface area contributed by atoms with Gasteiger partial charge in [0.15, 0.2) is 23.3 Å². The van der Waals surface area contributed by atoms with E-state index in [4.69, 9.17) is 19.2 Å².